The molecule has 0 bridgehead atoms. The Morgan fingerprint density at radius 1 is 1.00 bits per heavy atom. The first-order valence-electron chi connectivity index (χ1n) is 10.7. The zero-order valence-corrected chi connectivity index (χ0v) is 19.4. The molecule has 2 heterocycles. The number of carbonyl (C=O) groups excluding carboxylic acids is 3. The van der Waals surface area contributed by atoms with Crippen molar-refractivity contribution < 1.29 is 33.2 Å². The van der Waals surface area contributed by atoms with Gasteiger partial charge in [-0.2, -0.15) is 0 Å². The summed E-state index contributed by atoms with van der Waals surface area (Å²) < 4.78 is 16.1. The minimum absolute atomic E-state index is 0.0501. The molecule has 0 radical (unpaired) electrons. The van der Waals surface area contributed by atoms with E-state index in [0.717, 1.165) is 9.80 Å². The molecule has 0 aliphatic carbocycles. The second-order valence-corrected chi connectivity index (χ2v) is 7.61. The molecule has 0 unspecified atom stereocenters. The van der Waals surface area contributed by atoms with Crippen molar-refractivity contribution in [2.24, 2.45) is 0 Å². The molecule has 0 atom stereocenters. The highest BCUT2D eigenvalue weighted by Crippen LogP contribution is 2.35. The smallest absolute Gasteiger partial charge is 0.338 e. The predicted molar refractivity (Wildman–Crippen MR) is 128 cm³/mol. The van der Waals surface area contributed by atoms with Crippen molar-refractivity contribution in [1.82, 2.24) is 4.90 Å². The Bertz CT molecular complexity index is 1360. The molecule has 11 heteroatoms. The number of ether oxygens (including phenoxy) is 2. The van der Waals surface area contributed by atoms with Crippen LogP contribution in [0.25, 0.3) is 17.4 Å². The molecular weight excluding hydrogens is 470 g/mol. The quantitative estimate of drug-likeness (QED) is 0.201. The van der Waals surface area contributed by atoms with Crippen molar-refractivity contribution in [3.8, 4) is 17.1 Å². The van der Waals surface area contributed by atoms with Crippen LogP contribution in [0.1, 0.15) is 5.76 Å². The van der Waals surface area contributed by atoms with Gasteiger partial charge in [0.25, 0.3) is 17.5 Å². The third-order valence-corrected chi connectivity index (χ3v) is 5.44. The summed E-state index contributed by atoms with van der Waals surface area (Å²) in [5, 5.41) is 11.1. The summed E-state index contributed by atoms with van der Waals surface area (Å²) in [5.74, 6) is -0.891. The van der Waals surface area contributed by atoms with Crippen LogP contribution in [0.2, 0.25) is 0 Å². The van der Waals surface area contributed by atoms with Gasteiger partial charge in [0, 0.05) is 13.2 Å². The summed E-state index contributed by atoms with van der Waals surface area (Å²) in [5.41, 5.74) is 0.330. The summed E-state index contributed by atoms with van der Waals surface area (Å²) in [6.45, 7) is 0.0396. The summed E-state index contributed by atoms with van der Waals surface area (Å²) in [4.78, 5) is 51.8. The van der Waals surface area contributed by atoms with E-state index in [0.29, 0.717) is 17.0 Å². The molecule has 1 aliphatic rings. The third-order valence-electron chi connectivity index (χ3n) is 5.44. The zero-order chi connectivity index (χ0) is 25.8. The molecule has 0 spiro atoms. The lowest BCUT2D eigenvalue weighted by atomic mass is 10.1. The molecule has 1 saturated heterocycles. The Morgan fingerprint density at radius 2 is 1.75 bits per heavy atom. The number of nitro benzene ring substituents is 1. The summed E-state index contributed by atoms with van der Waals surface area (Å²) in [6.07, 6.45) is 1.26. The second-order valence-electron chi connectivity index (χ2n) is 7.61. The van der Waals surface area contributed by atoms with Crippen molar-refractivity contribution in [3.63, 3.8) is 0 Å². The van der Waals surface area contributed by atoms with Gasteiger partial charge in [-0.1, -0.05) is 18.2 Å². The Morgan fingerprint density at radius 3 is 2.42 bits per heavy atom. The average Bonchev–Trinajstić information content (AvgIpc) is 3.35. The molecule has 1 aliphatic heterocycles. The Balaban J connectivity index is 1.73. The van der Waals surface area contributed by atoms with E-state index >= 15 is 0 Å². The standard InChI is InChI=1S/C25H21N3O8/c1-34-13-12-26-23(29)20(24(30)27(25(26)31)16-6-4-3-5-7-16)15-18-9-11-21(36-18)19-10-8-17(28(32)33)14-22(19)35-2/h3-11,14-15H,12-13H2,1-2H3/b20-15-. The van der Waals surface area contributed by atoms with Crippen molar-refractivity contribution in [3.05, 3.63) is 82.1 Å². The number of benzene rings is 2. The van der Waals surface area contributed by atoms with Gasteiger partial charge < -0.3 is 13.9 Å². The number of urea groups is 1. The number of rotatable bonds is 8. The first-order valence-corrected chi connectivity index (χ1v) is 10.7. The van der Waals surface area contributed by atoms with Gasteiger partial charge in [-0.25, -0.2) is 9.69 Å². The maximum absolute atomic E-state index is 13.3. The fourth-order valence-electron chi connectivity index (χ4n) is 3.67. The molecule has 3 aromatic rings. The number of hydrogen-bond donors (Lipinski definition) is 0. The number of carbonyl (C=O) groups is 3. The van der Waals surface area contributed by atoms with Crippen LogP contribution in [0.4, 0.5) is 16.2 Å². The SMILES string of the molecule is COCCN1C(=O)/C(=C/c2ccc(-c3ccc([N+](=O)[O-])cc3OC)o2)C(=O)N(c2ccccc2)C1=O. The number of barbiturate groups is 1. The molecule has 11 nitrogen and oxygen atoms in total. The van der Waals surface area contributed by atoms with Gasteiger partial charge in [0.1, 0.15) is 22.8 Å². The van der Waals surface area contributed by atoms with E-state index in [4.69, 9.17) is 13.9 Å². The fourth-order valence-corrected chi connectivity index (χ4v) is 3.67. The van der Waals surface area contributed by atoms with Gasteiger partial charge in [0.15, 0.2) is 0 Å². The van der Waals surface area contributed by atoms with Crippen molar-refractivity contribution in [2.75, 3.05) is 32.3 Å². The number of anilines is 1. The van der Waals surface area contributed by atoms with Gasteiger partial charge in [0.05, 0.1) is 42.5 Å². The monoisotopic (exact) mass is 491 g/mol. The Hall–Kier alpha value is -4.77. The fraction of sp³-hybridized carbons (Fsp3) is 0.160. The van der Waals surface area contributed by atoms with Crippen LogP contribution in [-0.2, 0) is 14.3 Å². The van der Waals surface area contributed by atoms with Crippen LogP contribution in [0.15, 0.2) is 70.7 Å². The summed E-state index contributed by atoms with van der Waals surface area (Å²) in [7, 11) is 2.81. The minimum atomic E-state index is -0.796. The molecule has 1 fully saturated rings. The van der Waals surface area contributed by atoms with Crippen LogP contribution in [0.3, 0.4) is 0 Å². The van der Waals surface area contributed by atoms with Crippen LogP contribution >= 0.6 is 0 Å². The first-order chi connectivity index (χ1) is 17.3. The van der Waals surface area contributed by atoms with E-state index in [-0.39, 0.29) is 35.9 Å². The van der Waals surface area contributed by atoms with Gasteiger partial charge in [-0.3, -0.25) is 24.6 Å². The maximum atomic E-state index is 13.3. The molecule has 4 amide bonds. The lowest BCUT2D eigenvalue weighted by molar-refractivity contribution is -0.384. The van der Waals surface area contributed by atoms with E-state index in [1.54, 1.807) is 36.4 Å². The maximum Gasteiger partial charge on any atom is 0.338 e. The lowest BCUT2D eigenvalue weighted by Gasteiger charge is -2.33. The first kappa shape index (κ1) is 24.4. The average molecular weight is 491 g/mol. The number of non-ortho nitro benzene ring substituents is 1. The predicted octanol–water partition coefficient (Wildman–Crippen LogP) is 3.89. The minimum Gasteiger partial charge on any atom is -0.496 e. The summed E-state index contributed by atoms with van der Waals surface area (Å²) >= 11 is 0. The van der Waals surface area contributed by atoms with Crippen molar-refractivity contribution >= 4 is 35.3 Å². The van der Waals surface area contributed by atoms with Crippen molar-refractivity contribution in [1.29, 1.82) is 0 Å². The highest BCUT2D eigenvalue weighted by Gasteiger charge is 2.42. The number of methoxy groups -OCH3 is 2. The zero-order valence-electron chi connectivity index (χ0n) is 19.4. The molecule has 4 rings (SSSR count). The topological polar surface area (TPSA) is 132 Å². The van der Waals surface area contributed by atoms with E-state index < -0.39 is 22.8 Å². The Labute approximate surface area is 205 Å². The van der Waals surface area contributed by atoms with Crippen LogP contribution < -0.4 is 9.64 Å². The van der Waals surface area contributed by atoms with Gasteiger partial charge >= 0.3 is 6.03 Å². The second kappa shape index (κ2) is 10.2. The number of amides is 4. The number of nitrogens with zero attached hydrogens (tertiary/aromatic N) is 3. The van der Waals surface area contributed by atoms with E-state index in [9.17, 15) is 24.5 Å². The van der Waals surface area contributed by atoms with E-state index in [1.165, 1.54) is 44.6 Å². The van der Waals surface area contributed by atoms with Crippen molar-refractivity contribution in [2.45, 2.75) is 0 Å². The molecule has 1 aromatic heterocycles. The molecule has 2 aromatic carbocycles. The number of nitro groups is 1. The van der Waals surface area contributed by atoms with Crippen LogP contribution in [0, 0.1) is 10.1 Å². The summed E-state index contributed by atoms with van der Waals surface area (Å²) in [6, 6.07) is 14.6. The van der Waals surface area contributed by atoms with Crippen LogP contribution in [-0.4, -0.2) is 55.0 Å². The van der Waals surface area contributed by atoms with Gasteiger partial charge in [0.2, 0.25) is 0 Å². The van der Waals surface area contributed by atoms with Gasteiger partial charge in [-0.05, 0) is 36.4 Å². The van der Waals surface area contributed by atoms with Crippen LogP contribution in [0.5, 0.6) is 5.75 Å². The number of furan rings is 1. The largest absolute Gasteiger partial charge is 0.496 e. The highest BCUT2D eigenvalue weighted by atomic mass is 16.6. The molecule has 0 N–H and O–H groups in total. The number of hydrogen-bond acceptors (Lipinski definition) is 8. The molecule has 0 saturated carbocycles. The molecular formula is C25H21N3O8. The molecule has 184 valence electrons. The van der Waals surface area contributed by atoms with E-state index in [2.05, 4.69) is 0 Å². The normalized spacial score (nSPS) is 15.1. The third kappa shape index (κ3) is 4.59. The number of imide groups is 2. The van der Waals surface area contributed by atoms with Gasteiger partial charge in [-0.15, -0.1) is 0 Å². The number of para-hydroxylation sites is 1. The van der Waals surface area contributed by atoms with E-state index in [1.807, 2.05) is 0 Å². The molecule has 36 heavy (non-hydrogen) atoms. The lowest BCUT2D eigenvalue weighted by Crippen LogP contribution is -2.57. The highest BCUT2D eigenvalue weighted by molar-refractivity contribution is 6.39. The Kier molecular flexibility index (Phi) is 6.93.